The van der Waals surface area contributed by atoms with E-state index in [9.17, 15) is 13.0 Å². The van der Waals surface area contributed by atoms with Gasteiger partial charge in [-0.25, -0.2) is 8.42 Å². The molecule has 0 atom stereocenters. The SMILES string of the molecule is CCCCCCCCCCCCCCOCCOS(=O)(=O)[O-].[K+]. The van der Waals surface area contributed by atoms with E-state index >= 15 is 0 Å². The number of unbranched alkanes of at least 4 members (excludes halogenated alkanes) is 11. The zero-order valence-corrected chi connectivity index (χ0v) is 19.0. The Balaban J connectivity index is 0. The van der Waals surface area contributed by atoms with Crippen molar-refractivity contribution in [1.82, 2.24) is 0 Å². The molecule has 0 saturated carbocycles. The van der Waals surface area contributed by atoms with Crippen molar-refractivity contribution in [2.24, 2.45) is 0 Å². The van der Waals surface area contributed by atoms with E-state index in [2.05, 4.69) is 11.1 Å². The first kappa shape index (κ1) is 26.7. The molecular formula is C16H33KO5S. The van der Waals surface area contributed by atoms with Gasteiger partial charge in [0.1, 0.15) is 0 Å². The molecule has 0 bridgehead atoms. The summed E-state index contributed by atoms with van der Waals surface area (Å²) in [6.07, 6.45) is 15.5. The van der Waals surface area contributed by atoms with Crippen LogP contribution in [0.4, 0.5) is 0 Å². The number of ether oxygens (including phenoxy) is 1. The fourth-order valence-electron chi connectivity index (χ4n) is 2.34. The first-order valence-corrected chi connectivity index (χ1v) is 10.1. The molecule has 0 aliphatic carbocycles. The van der Waals surface area contributed by atoms with Crippen LogP contribution in [-0.4, -0.2) is 32.8 Å². The van der Waals surface area contributed by atoms with Gasteiger partial charge in [0.15, 0.2) is 0 Å². The topological polar surface area (TPSA) is 75.7 Å². The van der Waals surface area contributed by atoms with E-state index in [0.717, 1.165) is 12.8 Å². The van der Waals surface area contributed by atoms with E-state index in [1.165, 1.54) is 64.2 Å². The smallest absolute Gasteiger partial charge is 0.726 e. The van der Waals surface area contributed by atoms with Gasteiger partial charge in [-0.3, -0.25) is 4.18 Å². The van der Waals surface area contributed by atoms with Crippen LogP contribution < -0.4 is 51.4 Å². The van der Waals surface area contributed by atoms with Crippen LogP contribution in [0.25, 0.3) is 0 Å². The molecule has 0 heterocycles. The largest absolute Gasteiger partial charge is 1.00 e. The van der Waals surface area contributed by atoms with Crippen molar-refractivity contribution in [1.29, 1.82) is 0 Å². The Hall–Kier alpha value is 1.47. The molecule has 7 heteroatoms. The van der Waals surface area contributed by atoms with Gasteiger partial charge in [-0.15, -0.1) is 0 Å². The minimum Gasteiger partial charge on any atom is -0.726 e. The summed E-state index contributed by atoms with van der Waals surface area (Å²) >= 11 is 0. The van der Waals surface area contributed by atoms with E-state index in [-0.39, 0.29) is 64.6 Å². The quantitative estimate of drug-likeness (QED) is 0.165. The van der Waals surface area contributed by atoms with Crippen LogP contribution in [0.3, 0.4) is 0 Å². The maximum atomic E-state index is 10.1. The normalized spacial score (nSPS) is 11.4. The van der Waals surface area contributed by atoms with Crippen molar-refractivity contribution < 1.29 is 73.3 Å². The third-order valence-electron chi connectivity index (χ3n) is 3.60. The first-order chi connectivity index (χ1) is 10.6. The predicted octanol–water partition coefficient (Wildman–Crippen LogP) is 1.18. The summed E-state index contributed by atoms with van der Waals surface area (Å²) in [6, 6.07) is 0. The van der Waals surface area contributed by atoms with Crippen LogP contribution in [0.5, 0.6) is 0 Å². The standard InChI is InChI=1S/C16H34O5S.K/c1-2-3-4-5-6-7-8-9-10-11-12-13-14-20-15-16-21-22(17,18)19;/h2-16H2,1H3,(H,17,18,19);/q;+1/p-1. The van der Waals surface area contributed by atoms with Crippen molar-refractivity contribution >= 4 is 10.4 Å². The fraction of sp³-hybridized carbons (Fsp3) is 1.00. The summed E-state index contributed by atoms with van der Waals surface area (Å²) in [6.45, 7) is 2.80. The Morgan fingerprint density at radius 2 is 1.13 bits per heavy atom. The van der Waals surface area contributed by atoms with Crippen LogP contribution >= 0.6 is 0 Å². The molecular weight excluding hydrogens is 343 g/mol. The maximum Gasteiger partial charge on any atom is 1.00 e. The summed E-state index contributed by atoms with van der Waals surface area (Å²) in [7, 11) is -4.57. The van der Waals surface area contributed by atoms with E-state index < -0.39 is 10.4 Å². The molecule has 23 heavy (non-hydrogen) atoms. The maximum absolute atomic E-state index is 10.1. The zero-order chi connectivity index (χ0) is 16.5. The molecule has 0 aliphatic heterocycles. The molecule has 0 radical (unpaired) electrons. The number of hydrogen-bond donors (Lipinski definition) is 0. The Labute approximate surface area is 185 Å². The minimum absolute atomic E-state index is 0. The zero-order valence-electron chi connectivity index (χ0n) is 15.1. The van der Waals surface area contributed by atoms with E-state index in [0.29, 0.717) is 6.61 Å². The van der Waals surface area contributed by atoms with Gasteiger partial charge in [0.25, 0.3) is 0 Å². The average molecular weight is 377 g/mol. The molecule has 0 spiro atoms. The molecule has 0 unspecified atom stereocenters. The van der Waals surface area contributed by atoms with Crippen LogP contribution in [0, 0.1) is 0 Å². The molecule has 0 aromatic carbocycles. The monoisotopic (exact) mass is 376 g/mol. The van der Waals surface area contributed by atoms with Crippen LogP contribution in [0.1, 0.15) is 84.0 Å². The molecule has 0 rings (SSSR count). The summed E-state index contributed by atoms with van der Waals surface area (Å²) < 4.78 is 39.7. The molecule has 0 aromatic rings. The molecule has 134 valence electrons. The Bertz CT molecular complexity index is 322. The summed E-state index contributed by atoms with van der Waals surface area (Å²) in [4.78, 5) is 0. The fourth-order valence-corrected chi connectivity index (χ4v) is 2.61. The van der Waals surface area contributed by atoms with Gasteiger partial charge in [-0.05, 0) is 6.42 Å². The van der Waals surface area contributed by atoms with Gasteiger partial charge in [0.2, 0.25) is 10.4 Å². The second-order valence-corrected chi connectivity index (χ2v) is 6.78. The van der Waals surface area contributed by atoms with Crippen molar-refractivity contribution in [3.63, 3.8) is 0 Å². The Kier molecular flexibility index (Phi) is 23.0. The van der Waals surface area contributed by atoms with Gasteiger partial charge in [0, 0.05) is 6.61 Å². The molecule has 0 aromatic heterocycles. The third kappa shape index (κ3) is 25.8. The van der Waals surface area contributed by atoms with Crippen molar-refractivity contribution in [2.75, 3.05) is 19.8 Å². The minimum atomic E-state index is -4.57. The van der Waals surface area contributed by atoms with E-state index in [1.54, 1.807) is 0 Å². The molecule has 0 saturated heterocycles. The molecule has 0 aliphatic rings. The Morgan fingerprint density at radius 1 is 0.696 bits per heavy atom. The molecule has 0 N–H and O–H groups in total. The van der Waals surface area contributed by atoms with Crippen molar-refractivity contribution in [3.05, 3.63) is 0 Å². The van der Waals surface area contributed by atoms with Gasteiger partial charge in [-0.2, -0.15) is 0 Å². The van der Waals surface area contributed by atoms with Crippen LogP contribution in [0.15, 0.2) is 0 Å². The number of hydrogen-bond acceptors (Lipinski definition) is 5. The van der Waals surface area contributed by atoms with Crippen LogP contribution in [-0.2, 0) is 19.3 Å². The summed E-state index contributed by atoms with van der Waals surface area (Å²) in [5, 5.41) is 0. The van der Waals surface area contributed by atoms with Crippen molar-refractivity contribution in [2.45, 2.75) is 84.0 Å². The molecule has 5 nitrogen and oxygen atoms in total. The third-order valence-corrected chi connectivity index (χ3v) is 4.05. The summed E-state index contributed by atoms with van der Waals surface area (Å²) in [5.74, 6) is 0. The van der Waals surface area contributed by atoms with Gasteiger partial charge < -0.3 is 9.29 Å². The van der Waals surface area contributed by atoms with Gasteiger partial charge in [-0.1, -0.05) is 77.6 Å². The van der Waals surface area contributed by atoms with Crippen molar-refractivity contribution in [3.8, 4) is 0 Å². The Morgan fingerprint density at radius 3 is 1.57 bits per heavy atom. The predicted molar refractivity (Wildman–Crippen MR) is 87.5 cm³/mol. The average Bonchev–Trinajstić information content (AvgIpc) is 2.45. The second kappa shape index (κ2) is 19.8. The van der Waals surface area contributed by atoms with Crippen LogP contribution in [0.2, 0.25) is 0 Å². The first-order valence-electron chi connectivity index (χ1n) is 8.74. The molecule has 0 fully saturated rings. The van der Waals surface area contributed by atoms with Gasteiger partial charge in [0.05, 0.1) is 13.2 Å². The van der Waals surface area contributed by atoms with E-state index in [4.69, 9.17) is 4.74 Å². The summed E-state index contributed by atoms with van der Waals surface area (Å²) in [5.41, 5.74) is 0. The second-order valence-electron chi connectivity index (χ2n) is 5.73. The molecule has 0 amide bonds. The number of rotatable bonds is 17. The van der Waals surface area contributed by atoms with E-state index in [1.807, 2.05) is 0 Å². The van der Waals surface area contributed by atoms with Gasteiger partial charge >= 0.3 is 51.4 Å².